The van der Waals surface area contributed by atoms with E-state index in [1.807, 2.05) is 55.5 Å². The number of allylic oxidation sites excluding steroid dienone is 1. The summed E-state index contributed by atoms with van der Waals surface area (Å²) in [6.45, 7) is 8.40. The maximum atomic E-state index is 13.1. The molecule has 1 fully saturated rings. The van der Waals surface area contributed by atoms with Crippen molar-refractivity contribution in [1.82, 2.24) is 0 Å². The summed E-state index contributed by atoms with van der Waals surface area (Å²) < 4.78 is 6.02. The third-order valence-electron chi connectivity index (χ3n) is 6.74. The highest BCUT2D eigenvalue weighted by Gasteiger charge is 2.48. The molecule has 1 saturated heterocycles. The monoisotopic (exact) mass is 397 g/mol. The molecule has 30 heavy (non-hydrogen) atoms. The molecule has 0 aliphatic carbocycles. The molecule has 0 spiro atoms. The first-order chi connectivity index (χ1) is 14.4. The molecule has 2 bridgehead atoms. The molecule has 4 atom stereocenters. The van der Waals surface area contributed by atoms with Gasteiger partial charge in [-0.15, -0.1) is 0 Å². The van der Waals surface area contributed by atoms with Crippen molar-refractivity contribution in [2.75, 3.05) is 0 Å². The molecule has 0 aromatic heterocycles. The number of nitrogens with zero attached hydrogens (tertiary/aromatic N) is 1. The van der Waals surface area contributed by atoms with Crippen LogP contribution >= 0.6 is 0 Å². The lowest BCUT2D eigenvalue weighted by Gasteiger charge is -2.34. The van der Waals surface area contributed by atoms with Gasteiger partial charge in [0.05, 0.1) is 17.6 Å². The van der Waals surface area contributed by atoms with Gasteiger partial charge in [0, 0.05) is 11.5 Å². The lowest BCUT2D eigenvalue weighted by molar-refractivity contribution is -0.131. The van der Waals surface area contributed by atoms with Crippen LogP contribution in [0.1, 0.15) is 56.1 Å². The van der Waals surface area contributed by atoms with Crippen LogP contribution < -0.4 is 0 Å². The van der Waals surface area contributed by atoms with Gasteiger partial charge >= 0.3 is 0 Å². The minimum absolute atomic E-state index is 0.0486. The van der Waals surface area contributed by atoms with Gasteiger partial charge in [0.15, 0.2) is 5.78 Å². The average Bonchev–Trinajstić information content (AvgIpc) is 3.14. The Morgan fingerprint density at radius 3 is 2.37 bits per heavy atom. The van der Waals surface area contributed by atoms with Crippen LogP contribution in [-0.2, 0) is 9.53 Å². The molecule has 0 radical (unpaired) electrons. The molecule has 0 N–H and O–H groups in total. The van der Waals surface area contributed by atoms with Crippen molar-refractivity contribution in [3.8, 4) is 6.07 Å². The van der Waals surface area contributed by atoms with E-state index in [0.29, 0.717) is 6.42 Å². The predicted octanol–water partition coefficient (Wildman–Crippen LogP) is 5.86. The number of fused-ring (bicyclic) bond motifs is 2. The van der Waals surface area contributed by atoms with Crippen LogP contribution in [-0.4, -0.2) is 17.5 Å². The summed E-state index contributed by atoms with van der Waals surface area (Å²) in [5.74, 6) is -0.367. The molecule has 2 aliphatic rings. The van der Waals surface area contributed by atoms with Gasteiger partial charge in [-0.25, -0.2) is 0 Å². The van der Waals surface area contributed by atoms with E-state index in [2.05, 4.69) is 31.7 Å². The van der Waals surface area contributed by atoms with Crippen molar-refractivity contribution in [2.45, 2.75) is 56.7 Å². The summed E-state index contributed by atoms with van der Waals surface area (Å²) in [4.78, 5) is 13.1. The number of ketones is 1. The summed E-state index contributed by atoms with van der Waals surface area (Å²) in [7, 11) is 0. The van der Waals surface area contributed by atoms with E-state index in [0.717, 1.165) is 40.7 Å². The van der Waals surface area contributed by atoms with Crippen molar-refractivity contribution in [1.29, 1.82) is 5.26 Å². The molecule has 3 nitrogen and oxygen atoms in total. The van der Waals surface area contributed by atoms with E-state index in [-0.39, 0.29) is 29.3 Å². The first kappa shape index (κ1) is 20.3. The summed E-state index contributed by atoms with van der Waals surface area (Å²) in [6, 6.07) is 22.5. The summed E-state index contributed by atoms with van der Waals surface area (Å²) in [6.07, 6.45) is 1.81. The molecule has 3 heteroatoms. The number of hydrogen-bond acceptors (Lipinski definition) is 3. The minimum atomic E-state index is -0.382. The summed E-state index contributed by atoms with van der Waals surface area (Å²) in [5, 5.41) is 10.1. The number of carbonyl (C=O) groups excluding carboxylic acids is 1. The van der Waals surface area contributed by atoms with E-state index in [4.69, 9.17) is 4.74 Å². The Morgan fingerprint density at radius 1 is 1.17 bits per heavy atom. The Labute approximate surface area is 178 Å². The largest absolute Gasteiger partial charge is 0.360 e. The zero-order valence-corrected chi connectivity index (χ0v) is 17.6. The number of rotatable bonds is 6. The molecule has 2 aliphatic heterocycles. The average molecular weight is 398 g/mol. The quantitative estimate of drug-likeness (QED) is 0.613. The Morgan fingerprint density at radius 2 is 1.77 bits per heavy atom. The highest BCUT2D eigenvalue weighted by molar-refractivity contribution is 6.04. The zero-order valence-electron chi connectivity index (χ0n) is 17.6. The molecule has 4 unspecified atom stereocenters. The van der Waals surface area contributed by atoms with Crippen LogP contribution in [0.4, 0.5) is 0 Å². The van der Waals surface area contributed by atoms with Gasteiger partial charge in [-0.2, -0.15) is 5.26 Å². The van der Waals surface area contributed by atoms with Crippen molar-refractivity contribution >= 4 is 5.78 Å². The third-order valence-corrected chi connectivity index (χ3v) is 6.74. The Balaban J connectivity index is 1.72. The highest BCUT2D eigenvalue weighted by atomic mass is 16.5. The maximum Gasteiger partial charge on any atom is 0.191 e. The molecule has 4 rings (SSSR count). The number of hydrogen-bond donors (Lipinski definition) is 0. The topological polar surface area (TPSA) is 50.1 Å². The fourth-order valence-corrected chi connectivity index (χ4v) is 4.90. The smallest absolute Gasteiger partial charge is 0.191 e. The normalized spacial score (nSPS) is 25.0. The lowest BCUT2D eigenvalue weighted by Crippen LogP contribution is -2.38. The van der Waals surface area contributed by atoms with Crippen LogP contribution in [0, 0.1) is 11.3 Å². The van der Waals surface area contributed by atoms with Crippen molar-refractivity contribution in [3.63, 3.8) is 0 Å². The van der Waals surface area contributed by atoms with Crippen LogP contribution in [0.3, 0.4) is 0 Å². The van der Waals surface area contributed by atoms with E-state index in [1.54, 1.807) is 0 Å². The second-order valence-corrected chi connectivity index (χ2v) is 8.58. The second kappa shape index (κ2) is 8.05. The van der Waals surface area contributed by atoms with Crippen molar-refractivity contribution in [3.05, 3.63) is 95.1 Å². The lowest BCUT2D eigenvalue weighted by atomic mass is 9.76. The van der Waals surface area contributed by atoms with Crippen LogP contribution in [0.25, 0.3) is 0 Å². The highest BCUT2D eigenvalue weighted by Crippen LogP contribution is 2.46. The number of benzene rings is 2. The van der Waals surface area contributed by atoms with Gasteiger partial charge in [-0.1, -0.05) is 67.2 Å². The molecular weight excluding hydrogens is 370 g/mol. The number of carbonyl (C=O) groups is 1. The van der Waals surface area contributed by atoms with Crippen LogP contribution in [0.15, 0.2) is 84.0 Å². The predicted molar refractivity (Wildman–Crippen MR) is 118 cm³/mol. The summed E-state index contributed by atoms with van der Waals surface area (Å²) in [5.41, 5.74) is 4.21. The molecule has 0 amide bonds. The first-order valence-electron chi connectivity index (χ1n) is 10.6. The first-order valence-corrected chi connectivity index (χ1v) is 10.6. The van der Waals surface area contributed by atoms with Gasteiger partial charge in [0.2, 0.25) is 0 Å². The number of ether oxygens (including phenoxy) is 1. The fourth-order valence-electron chi connectivity index (χ4n) is 4.90. The van der Waals surface area contributed by atoms with E-state index in [1.165, 1.54) is 0 Å². The Kier molecular flexibility index (Phi) is 5.45. The molecule has 2 heterocycles. The standard InChI is InChI=1S/C27H27NO2/c1-18(25-19(2)27(3)15-14-24(30-27)26(25)29)16-22(20-10-6-4-7-11-20)23(17-28)21-12-8-5-9-13-21/h4-13,22-24H,1,14-16H2,2-3H3. The van der Waals surface area contributed by atoms with Gasteiger partial charge in [-0.05, 0) is 55.4 Å². The molecule has 2 aromatic rings. The molecule has 2 aromatic carbocycles. The van der Waals surface area contributed by atoms with Crippen LogP contribution in [0.5, 0.6) is 0 Å². The number of nitriles is 1. The van der Waals surface area contributed by atoms with Gasteiger partial charge in [-0.3, -0.25) is 4.79 Å². The van der Waals surface area contributed by atoms with Crippen molar-refractivity contribution in [2.24, 2.45) is 0 Å². The molecule has 0 saturated carbocycles. The van der Waals surface area contributed by atoms with Gasteiger partial charge in [0.25, 0.3) is 0 Å². The third kappa shape index (κ3) is 3.53. The van der Waals surface area contributed by atoms with Gasteiger partial charge in [0.1, 0.15) is 6.10 Å². The maximum absolute atomic E-state index is 13.1. The van der Waals surface area contributed by atoms with Crippen LogP contribution in [0.2, 0.25) is 0 Å². The Bertz CT molecular complexity index is 1030. The zero-order chi connectivity index (χ0) is 21.3. The minimum Gasteiger partial charge on any atom is -0.360 e. The van der Waals surface area contributed by atoms with Crippen molar-refractivity contribution < 1.29 is 9.53 Å². The van der Waals surface area contributed by atoms with E-state index >= 15 is 0 Å². The van der Waals surface area contributed by atoms with E-state index < -0.39 is 0 Å². The Hall–Kier alpha value is -2.96. The molecule has 152 valence electrons. The SMILES string of the molecule is C=C(CC(c1ccccc1)C(C#N)c1ccccc1)C1=C(C)C2(C)CCC(O2)C1=O. The second-order valence-electron chi connectivity index (χ2n) is 8.58. The van der Waals surface area contributed by atoms with E-state index in [9.17, 15) is 10.1 Å². The number of Topliss-reactive ketones (excluding diaryl/α,β-unsaturated/α-hetero) is 1. The fraction of sp³-hybridized carbons (Fsp3) is 0.333. The van der Waals surface area contributed by atoms with Gasteiger partial charge < -0.3 is 4.74 Å². The summed E-state index contributed by atoms with van der Waals surface area (Å²) >= 11 is 0. The molecular formula is C27H27NO2.